The van der Waals surface area contributed by atoms with Crippen molar-refractivity contribution in [3.05, 3.63) is 39.3 Å². The lowest BCUT2D eigenvalue weighted by atomic mass is 9.97. The fourth-order valence-electron chi connectivity index (χ4n) is 1.76. The summed E-state index contributed by atoms with van der Waals surface area (Å²) in [6.07, 6.45) is 5.75. The molecule has 0 fully saturated rings. The van der Waals surface area contributed by atoms with Crippen molar-refractivity contribution in [2.75, 3.05) is 0 Å². The SMILES string of the molecule is Cc1nn(C)c(=O)c2c1CC=CC2. The summed E-state index contributed by atoms with van der Waals surface area (Å²) in [5, 5.41) is 4.16. The molecule has 13 heavy (non-hydrogen) atoms. The van der Waals surface area contributed by atoms with Crippen molar-refractivity contribution in [3.63, 3.8) is 0 Å². The average Bonchev–Trinajstić information content (AvgIpc) is 2.15. The van der Waals surface area contributed by atoms with Gasteiger partial charge in [-0.3, -0.25) is 4.79 Å². The lowest BCUT2D eigenvalue weighted by Gasteiger charge is -2.13. The van der Waals surface area contributed by atoms with Crippen molar-refractivity contribution >= 4 is 0 Å². The summed E-state index contributed by atoms with van der Waals surface area (Å²) in [5.41, 5.74) is 3.05. The zero-order chi connectivity index (χ0) is 9.42. The first kappa shape index (κ1) is 8.23. The third kappa shape index (κ3) is 1.20. The molecule has 1 aliphatic carbocycles. The fraction of sp³-hybridized carbons (Fsp3) is 0.400. The summed E-state index contributed by atoms with van der Waals surface area (Å²) in [4.78, 5) is 11.6. The Morgan fingerprint density at radius 2 is 1.92 bits per heavy atom. The van der Waals surface area contributed by atoms with Crippen LogP contribution in [0.1, 0.15) is 16.8 Å². The molecule has 0 saturated heterocycles. The van der Waals surface area contributed by atoms with Crippen molar-refractivity contribution in [3.8, 4) is 0 Å². The van der Waals surface area contributed by atoms with Crippen LogP contribution in [0.15, 0.2) is 16.9 Å². The van der Waals surface area contributed by atoms with Crippen LogP contribution < -0.4 is 5.56 Å². The quantitative estimate of drug-likeness (QED) is 0.546. The van der Waals surface area contributed by atoms with Gasteiger partial charge in [0.1, 0.15) is 0 Å². The number of rotatable bonds is 0. The monoisotopic (exact) mass is 176 g/mol. The summed E-state index contributed by atoms with van der Waals surface area (Å²) in [5.74, 6) is 0. The molecule has 1 aromatic rings. The highest BCUT2D eigenvalue weighted by Gasteiger charge is 2.13. The van der Waals surface area contributed by atoms with Gasteiger partial charge in [0.2, 0.25) is 0 Å². The van der Waals surface area contributed by atoms with Crippen LogP contribution in [0.2, 0.25) is 0 Å². The Morgan fingerprint density at radius 1 is 1.31 bits per heavy atom. The molecule has 0 saturated carbocycles. The Kier molecular flexibility index (Phi) is 1.79. The topological polar surface area (TPSA) is 34.9 Å². The molecule has 0 bridgehead atoms. The Labute approximate surface area is 76.7 Å². The van der Waals surface area contributed by atoms with Gasteiger partial charge < -0.3 is 0 Å². The van der Waals surface area contributed by atoms with E-state index in [1.54, 1.807) is 7.05 Å². The second-order valence-electron chi connectivity index (χ2n) is 3.35. The third-order valence-electron chi connectivity index (χ3n) is 2.46. The Hall–Kier alpha value is -1.38. The predicted octanol–water partition coefficient (Wildman–Crippen LogP) is 0.744. The number of nitrogens with zero attached hydrogens (tertiary/aromatic N) is 2. The van der Waals surface area contributed by atoms with E-state index in [1.807, 2.05) is 13.0 Å². The van der Waals surface area contributed by atoms with Crippen LogP contribution in [-0.2, 0) is 19.9 Å². The van der Waals surface area contributed by atoms with E-state index >= 15 is 0 Å². The van der Waals surface area contributed by atoms with E-state index in [1.165, 1.54) is 4.68 Å². The third-order valence-corrected chi connectivity index (χ3v) is 2.46. The maximum absolute atomic E-state index is 11.6. The molecule has 2 rings (SSSR count). The van der Waals surface area contributed by atoms with Crippen LogP contribution in [0.3, 0.4) is 0 Å². The van der Waals surface area contributed by atoms with Crippen LogP contribution >= 0.6 is 0 Å². The van der Waals surface area contributed by atoms with E-state index in [9.17, 15) is 4.79 Å². The average molecular weight is 176 g/mol. The van der Waals surface area contributed by atoms with Crippen LogP contribution in [0.5, 0.6) is 0 Å². The van der Waals surface area contributed by atoms with Gasteiger partial charge in [0.05, 0.1) is 5.69 Å². The minimum atomic E-state index is 0.0463. The lowest BCUT2D eigenvalue weighted by molar-refractivity contribution is 0.671. The normalized spacial score (nSPS) is 14.3. The van der Waals surface area contributed by atoms with E-state index in [-0.39, 0.29) is 5.56 Å². The van der Waals surface area contributed by atoms with Gasteiger partial charge in [0.25, 0.3) is 5.56 Å². The molecule has 0 aromatic carbocycles. The van der Waals surface area contributed by atoms with Gasteiger partial charge in [-0.1, -0.05) is 12.2 Å². The van der Waals surface area contributed by atoms with Crippen molar-refractivity contribution in [1.82, 2.24) is 9.78 Å². The Balaban J connectivity index is 2.74. The highest BCUT2D eigenvalue weighted by Crippen LogP contribution is 2.14. The Bertz CT molecular complexity index is 429. The number of aromatic nitrogens is 2. The van der Waals surface area contributed by atoms with E-state index in [0.29, 0.717) is 0 Å². The van der Waals surface area contributed by atoms with Crippen molar-refractivity contribution in [2.45, 2.75) is 19.8 Å². The van der Waals surface area contributed by atoms with Gasteiger partial charge in [-0.2, -0.15) is 5.10 Å². The van der Waals surface area contributed by atoms with E-state index in [2.05, 4.69) is 11.2 Å². The molecule has 0 aliphatic heterocycles. The minimum absolute atomic E-state index is 0.0463. The van der Waals surface area contributed by atoms with Crippen LogP contribution in [-0.4, -0.2) is 9.78 Å². The summed E-state index contributed by atoms with van der Waals surface area (Å²) >= 11 is 0. The molecular formula is C10H12N2O. The number of fused-ring (bicyclic) bond motifs is 1. The van der Waals surface area contributed by atoms with Crippen LogP contribution in [0.25, 0.3) is 0 Å². The summed E-state index contributed by atoms with van der Waals surface area (Å²) < 4.78 is 1.42. The first-order valence-electron chi connectivity index (χ1n) is 4.41. The lowest BCUT2D eigenvalue weighted by Crippen LogP contribution is -2.27. The zero-order valence-corrected chi connectivity index (χ0v) is 7.87. The molecule has 0 spiro atoms. The zero-order valence-electron chi connectivity index (χ0n) is 7.87. The maximum Gasteiger partial charge on any atom is 0.270 e. The molecule has 0 radical (unpaired) electrons. The van der Waals surface area contributed by atoms with Gasteiger partial charge in [-0.05, 0) is 25.3 Å². The molecule has 0 atom stereocenters. The highest BCUT2D eigenvalue weighted by molar-refractivity contribution is 5.34. The number of hydrogen-bond acceptors (Lipinski definition) is 2. The standard InChI is InChI=1S/C10H12N2O/c1-7-8-5-3-4-6-9(8)10(13)12(2)11-7/h3-4H,5-6H2,1-2H3. The van der Waals surface area contributed by atoms with Crippen LogP contribution in [0.4, 0.5) is 0 Å². The summed E-state index contributed by atoms with van der Waals surface area (Å²) in [7, 11) is 1.70. The van der Waals surface area contributed by atoms with Gasteiger partial charge in [-0.25, -0.2) is 4.68 Å². The molecule has 0 amide bonds. The number of allylic oxidation sites excluding steroid dienone is 2. The van der Waals surface area contributed by atoms with E-state index in [0.717, 1.165) is 29.7 Å². The van der Waals surface area contributed by atoms with Gasteiger partial charge >= 0.3 is 0 Å². The molecule has 3 heteroatoms. The second kappa shape index (κ2) is 2.83. The first-order valence-corrected chi connectivity index (χ1v) is 4.41. The predicted molar refractivity (Wildman–Crippen MR) is 50.8 cm³/mol. The smallest absolute Gasteiger partial charge is 0.267 e. The summed E-state index contributed by atoms with van der Waals surface area (Å²) in [6, 6.07) is 0. The molecule has 3 nitrogen and oxygen atoms in total. The molecule has 0 unspecified atom stereocenters. The molecule has 1 heterocycles. The molecule has 1 aliphatic rings. The number of hydrogen-bond donors (Lipinski definition) is 0. The van der Waals surface area contributed by atoms with Gasteiger partial charge in [0, 0.05) is 12.6 Å². The summed E-state index contributed by atoms with van der Waals surface area (Å²) in [6.45, 7) is 1.96. The second-order valence-corrected chi connectivity index (χ2v) is 3.35. The van der Waals surface area contributed by atoms with E-state index < -0.39 is 0 Å². The molecule has 0 N–H and O–H groups in total. The maximum atomic E-state index is 11.6. The number of aryl methyl sites for hydroxylation is 2. The van der Waals surface area contributed by atoms with Gasteiger partial charge in [0.15, 0.2) is 0 Å². The molecular weight excluding hydrogens is 164 g/mol. The van der Waals surface area contributed by atoms with Crippen molar-refractivity contribution < 1.29 is 0 Å². The first-order chi connectivity index (χ1) is 6.20. The fourth-order valence-corrected chi connectivity index (χ4v) is 1.76. The van der Waals surface area contributed by atoms with E-state index in [4.69, 9.17) is 0 Å². The minimum Gasteiger partial charge on any atom is -0.267 e. The largest absolute Gasteiger partial charge is 0.270 e. The molecule has 1 aromatic heterocycles. The molecule has 68 valence electrons. The van der Waals surface area contributed by atoms with Crippen molar-refractivity contribution in [2.24, 2.45) is 7.05 Å². The Morgan fingerprint density at radius 3 is 2.62 bits per heavy atom. The van der Waals surface area contributed by atoms with Crippen LogP contribution in [0, 0.1) is 6.92 Å². The highest BCUT2D eigenvalue weighted by atomic mass is 16.1. The van der Waals surface area contributed by atoms with Gasteiger partial charge in [-0.15, -0.1) is 0 Å². The van der Waals surface area contributed by atoms with Crippen molar-refractivity contribution in [1.29, 1.82) is 0 Å².